The number of esters is 1. The van der Waals surface area contributed by atoms with Crippen LogP contribution in [0.15, 0.2) is 30.8 Å². The molecule has 1 aromatic carbocycles. The highest BCUT2D eigenvalue weighted by Crippen LogP contribution is 2.23. The number of aliphatic carboxylic acids is 1. The van der Waals surface area contributed by atoms with Crippen LogP contribution in [0.2, 0.25) is 0 Å². The Morgan fingerprint density at radius 2 is 1.90 bits per heavy atom. The molecule has 3 N–H and O–H groups in total. The van der Waals surface area contributed by atoms with E-state index >= 15 is 0 Å². The molecule has 0 saturated carbocycles. The normalized spacial score (nSPS) is 13.3. The number of carboxylic acids is 1. The number of benzene rings is 1. The van der Waals surface area contributed by atoms with Crippen molar-refractivity contribution in [2.75, 3.05) is 7.11 Å². The highest BCUT2D eigenvalue weighted by Gasteiger charge is 2.18. The van der Waals surface area contributed by atoms with Gasteiger partial charge in [0.1, 0.15) is 6.04 Å². The molecular formula is C15H19NO4. The zero-order chi connectivity index (χ0) is 15.3. The van der Waals surface area contributed by atoms with Crippen LogP contribution in [0.25, 0.3) is 5.57 Å². The van der Waals surface area contributed by atoms with Crippen molar-refractivity contribution in [3.8, 4) is 0 Å². The van der Waals surface area contributed by atoms with E-state index in [1.54, 1.807) is 31.2 Å². The van der Waals surface area contributed by atoms with E-state index in [9.17, 15) is 9.59 Å². The van der Waals surface area contributed by atoms with Crippen molar-refractivity contribution < 1.29 is 19.4 Å². The van der Waals surface area contributed by atoms with Gasteiger partial charge in [0.2, 0.25) is 0 Å². The Kier molecular flexibility index (Phi) is 5.46. The van der Waals surface area contributed by atoms with E-state index in [-0.39, 0.29) is 12.4 Å². The van der Waals surface area contributed by atoms with Crippen molar-refractivity contribution in [2.24, 2.45) is 11.7 Å². The number of carboxylic acid groups (broad SMARTS) is 1. The minimum Gasteiger partial charge on any atom is -0.480 e. The second kappa shape index (κ2) is 6.86. The van der Waals surface area contributed by atoms with Gasteiger partial charge in [-0.2, -0.15) is 0 Å². The Morgan fingerprint density at radius 3 is 2.35 bits per heavy atom. The Bertz CT molecular complexity index is 507. The average Bonchev–Trinajstić information content (AvgIpc) is 2.45. The second-order valence-corrected chi connectivity index (χ2v) is 4.62. The maximum absolute atomic E-state index is 11.4. The van der Waals surface area contributed by atoms with Crippen LogP contribution in [0, 0.1) is 5.92 Å². The first-order valence-corrected chi connectivity index (χ1v) is 6.21. The number of methoxy groups -OCH3 is 1. The van der Waals surface area contributed by atoms with E-state index in [0.29, 0.717) is 5.57 Å². The Morgan fingerprint density at radius 1 is 1.35 bits per heavy atom. The Hall–Kier alpha value is -2.14. The van der Waals surface area contributed by atoms with E-state index in [1.807, 2.05) is 0 Å². The number of hydrogen-bond donors (Lipinski definition) is 2. The molecule has 0 aromatic heterocycles. The summed E-state index contributed by atoms with van der Waals surface area (Å²) in [7, 11) is 1.34. The highest BCUT2D eigenvalue weighted by atomic mass is 16.5. The molecule has 0 fully saturated rings. The fraction of sp³-hybridized carbons (Fsp3) is 0.333. The van der Waals surface area contributed by atoms with Crippen LogP contribution in [-0.2, 0) is 20.7 Å². The minimum absolute atomic E-state index is 0.259. The van der Waals surface area contributed by atoms with Crippen molar-refractivity contribution in [2.45, 2.75) is 19.4 Å². The highest BCUT2D eigenvalue weighted by molar-refractivity contribution is 5.87. The number of hydrogen-bond acceptors (Lipinski definition) is 4. The number of carbonyl (C=O) groups excluding carboxylic acids is 1. The molecule has 1 aromatic rings. The fourth-order valence-electron chi connectivity index (χ4n) is 1.77. The molecular weight excluding hydrogens is 258 g/mol. The van der Waals surface area contributed by atoms with E-state index in [4.69, 9.17) is 10.8 Å². The molecule has 0 saturated heterocycles. The molecule has 0 amide bonds. The van der Waals surface area contributed by atoms with Crippen LogP contribution in [-0.4, -0.2) is 30.2 Å². The van der Waals surface area contributed by atoms with Gasteiger partial charge in [-0.3, -0.25) is 9.59 Å². The maximum atomic E-state index is 11.4. The van der Waals surface area contributed by atoms with Crippen LogP contribution in [0.5, 0.6) is 0 Å². The van der Waals surface area contributed by atoms with Gasteiger partial charge in [0, 0.05) is 0 Å². The third kappa shape index (κ3) is 3.93. The molecule has 0 aliphatic carbocycles. The van der Waals surface area contributed by atoms with Gasteiger partial charge in [-0.1, -0.05) is 30.8 Å². The molecule has 5 heteroatoms. The summed E-state index contributed by atoms with van der Waals surface area (Å²) in [5.41, 5.74) is 7.77. The van der Waals surface area contributed by atoms with Crippen molar-refractivity contribution >= 4 is 17.5 Å². The van der Waals surface area contributed by atoms with Crippen LogP contribution in [0.1, 0.15) is 18.1 Å². The molecule has 5 nitrogen and oxygen atoms in total. The molecule has 20 heavy (non-hydrogen) atoms. The lowest BCUT2D eigenvalue weighted by Crippen LogP contribution is -2.32. The Balaban J connectivity index is 2.78. The summed E-state index contributed by atoms with van der Waals surface area (Å²) in [5.74, 6) is -1.79. The zero-order valence-corrected chi connectivity index (χ0v) is 11.6. The number of nitrogens with two attached hydrogens (primary N) is 1. The lowest BCUT2D eigenvalue weighted by atomic mass is 9.94. The van der Waals surface area contributed by atoms with Crippen molar-refractivity contribution in [1.29, 1.82) is 0 Å². The largest absolute Gasteiger partial charge is 0.480 e. The first-order chi connectivity index (χ1) is 9.36. The first-order valence-electron chi connectivity index (χ1n) is 6.21. The standard InChI is InChI=1S/C15H19NO4/c1-9(10(2)15(19)20-3)12-6-4-11(5-7-12)8-13(16)14(17)18/h4-7,10,13H,1,8,16H2,2-3H3,(H,17,18). The van der Waals surface area contributed by atoms with Gasteiger partial charge in [-0.05, 0) is 30.0 Å². The zero-order valence-electron chi connectivity index (χ0n) is 11.6. The number of rotatable bonds is 6. The monoisotopic (exact) mass is 277 g/mol. The summed E-state index contributed by atoms with van der Waals surface area (Å²) in [6.45, 7) is 5.62. The first kappa shape index (κ1) is 15.9. The number of carbonyl (C=O) groups is 2. The van der Waals surface area contributed by atoms with Gasteiger partial charge in [0.15, 0.2) is 0 Å². The lowest BCUT2D eigenvalue weighted by Gasteiger charge is -2.13. The molecule has 0 heterocycles. The third-order valence-corrected chi connectivity index (χ3v) is 3.17. The van der Waals surface area contributed by atoms with Crippen LogP contribution >= 0.6 is 0 Å². The molecule has 108 valence electrons. The molecule has 2 atom stereocenters. The van der Waals surface area contributed by atoms with E-state index in [2.05, 4.69) is 11.3 Å². The van der Waals surface area contributed by atoms with Gasteiger partial charge in [0.25, 0.3) is 0 Å². The summed E-state index contributed by atoms with van der Waals surface area (Å²) in [6.07, 6.45) is 0.259. The summed E-state index contributed by atoms with van der Waals surface area (Å²) in [4.78, 5) is 22.1. The van der Waals surface area contributed by atoms with Gasteiger partial charge in [-0.15, -0.1) is 0 Å². The van der Waals surface area contributed by atoms with Crippen LogP contribution in [0.4, 0.5) is 0 Å². The predicted molar refractivity (Wildman–Crippen MR) is 76.0 cm³/mol. The maximum Gasteiger partial charge on any atom is 0.320 e. The van der Waals surface area contributed by atoms with E-state index in [1.165, 1.54) is 7.11 Å². The second-order valence-electron chi connectivity index (χ2n) is 4.62. The smallest absolute Gasteiger partial charge is 0.320 e. The molecule has 0 bridgehead atoms. The SMILES string of the molecule is C=C(c1ccc(CC(N)C(=O)O)cc1)C(C)C(=O)OC. The lowest BCUT2D eigenvalue weighted by molar-refractivity contribution is -0.143. The minimum atomic E-state index is -1.03. The number of ether oxygens (including phenoxy) is 1. The average molecular weight is 277 g/mol. The van der Waals surface area contributed by atoms with Crippen LogP contribution < -0.4 is 5.73 Å². The molecule has 0 radical (unpaired) electrons. The van der Waals surface area contributed by atoms with Crippen molar-refractivity contribution in [3.05, 3.63) is 42.0 Å². The van der Waals surface area contributed by atoms with E-state index < -0.39 is 17.9 Å². The quantitative estimate of drug-likeness (QED) is 0.768. The van der Waals surface area contributed by atoms with Gasteiger partial charge in [0.05, 0.1) is 13.0 Å². The predicted octanol–water partition coefficient (Wildman–Crippen LogP) is 1.46. The fourth-order valence-corrected chi connectivity index (χ4v) is 1.77. The van der Waals surface area contributed by atoms with Gasteiger partial charge >= 0.3 is 11.9 Å². The van der Waals surface area contributed by atoms with Crippen molar-refractivity contribution in [3.63, 3.8) is 0 Å². The molecule has 0 aliphatic heterocycles. The van der Waals surface area contributed by atoms with Crippen molar-refractivity contribution in [1.82, 2.24) is 0 Å². The summed E-state index contributed by atoms with van der Waals surface area (Å²) >= 11 is 0. The molecule has 2 unspecified atom stereocenters. The van der Waals surface area contributed by atoms with Gasteiger partial charge < -0.3 is 15.6 Å². The third-order valence-electron chi connectivity index (χ3n) is 3.17. The van der Waals surface area contributed by atoms with E-state index in [0.717, 1.165) is 11.1 Å². The molecule has 0 aliphatic rings. The topological polar surface area (TPSA) is 89.6 Å². The van der Waals surface area contributed by atoms with Gasteiger partial charge in [-0.25, -0.2) is 0 Å². The summed E-state index contributed by atoms with van der Waals surface area (Å²) in [6, 6.07) is 6.25. The molecule has 0 spiro atoms. The van der Waals surface area contributed by atoms with Crippen LogP contribution in [0.3, 0.4) is 0 Å². The summed E-state index contributed by atoms with van der Waals surface area (Å²) in [5, 5.41) is 8.76. The Labute approximate surface area is 118 Å². The summed E-state index contributed by atoms with van der Waals surface area (Å²) < 4.78 is 4.68. The molecule has 1 rings (SSSR count).